The second kappa shape index (κ2) is 10.0. The van der Waals surface area contributed by atoms with Crippen molar-refractivity contribution in [1.29, 1.82) is 0 Å². The van der Waals surface area contributed by atoms with E-state index in [1.54, 1.807) is 19.1 Å². The fourth-order valence-corrected chi connectivity index (χ4v) is 7.54. The summed E-state index contributed by atoms with van der Waals surface area (Å²) >= 11 is 1.38. The normalized spacial score (nSPS) is 22.0. The van der Waals surface area contributed by atoms with E-state index in [4.69, 9.17) is 4.74 Å². The molecule has 1 aliphatic heterocycles. The Morgan fingerprint density at radius 3 is 2.71 bits per heavy atom. The van der Waals surface area contributed by atoms with Crippen molar-refractivity contribution in [2.24, 2.45) is 5.92 Å². The number of halogens is 1. The molecule has 0 bridgehead atoms. The van der Waals surface area contributed by atoms with Gasteiger partial charge in [0, 0.05) is 10.9 Å². The quantitative estimate of drug-likeness (QED) is 0.594. The van der Waals surface area contributed by atoms with E-state index in [0.717, 1.165) is 29.7 Å². The number of hydrogen-bond donors (Lipinski definition) is 2. The van der Waals surface area contributed by atoms with E-state index in [1.165, 1.54) is 23.5 Å². The molecule has 1 fully saturated rings. The molecule has 3 atom stereocenters. The van der Waals surface area contributed by atoms with Gasteiger partial charge in [0.25, 0.3) is 11.8 Å². The van der Waals surface area contributed by atoms with Crippen LogP contribution in [0.3, 0.4) is 0 Å². The van der Waals surface area contributed by atoms with Crippen molar-refractivity contribution in [2.75, 3.05) is 16.8 Å². The standard InChI is InChI=1S/C24H29FN2O5S2/c1-3-18(32-19-7-5-4-6-17(19)25)22(28)27-24-21(16-9-8-14(2)12-20(16)33-24)23(29)26-15-10-11-34(30,31)13-15/h4-7,14-15,18H,3,8-13H2,1-2H3,(H,26,29)(H,27,28)/t14-,15-,18-/m1/s1. The molecule has 1 aliphatic carbocycles. The van der Waals surface area contributed by atoms with Crippen LogP contribution in [0.5, 0.6) is 5.75 Å². The van der Waals surface area contributed by atoms with Gasteiger partial charge < -0.3 is 15.4 Å². The van der Waals surface area contributed by atoms with E-state index >= 15 is 0 Å². The number of amides is 2. The maximum Gasteiger partial charge on any atom is 0.266 e. The number of anilines is 1. The highest BCUT2D eigenvalue weighted by Crippen LogP contribution is 2.40. The van der Waals surface area contributed by atoms with Crippen molar-refractivity contribution in [1.82, 2.24) is 5.32 Å². The van der Waals surface area contributed by atoms with Gasteiger partial charge in [0.15, 0.2) is 27.5 Å². The fourth-order valence-electron chi connectivity index (χ4n) is 4.45. The lowest BCUT2D eigenvalue weighted by molar-refractivity contribution is -0.122. The van der Waals surface area contributed by atoms with Crippen LogP contribution in [0.15, 0.2) is 24.3 Å². The molecule has 0 spiro atoms. The van der Waals surface area contributed by atoms with Crippen molar-refractivity contribution in [3.05, 3.63) is 46.1 Å². The van der Waals surface area contributed by atoms with Gasteiger partial charge >= 0.3 is 0 Å². The molecule has 2 aliphatic rings. The lowest BCUT2D eigenvalue weighted by Crippen LogP contribution is -2.37. The Morgan fingerprint density at radius 1 is 1.26 bits per heavy atom. The van der Waals surface area contributed by atoms with Crippen LogP contribution < -0.4 is 15.4 Å². The topological polar surface area (TPSA) is 102 Å². The lowest BCUT2D eigenvalue weighted by atomic mass is 9.88. The van der Waals surface area contributed by atoms with E-state index in [9.17, 15) is 22.4 Å². The summed E-state index contributed by atoms with van der Waals surface area (Å²) in [6, 6.07) is 5.46. The average molecular weight is 509 g/mol. The number of rotatable bonds is 7. The molecule has 0 radical (unpaired) electrons. The zero-order chi connectivity index (χ0) is 24.5. The van der Waals surface area contributed by atoms with Crippen molar-refractivity contribution in [3.63, 3.8) is 0 Å². The van der Waals surface area contributed by atoms with Gasteiger partial charge in [-0.15, -0.1) is 11.3 Å². The number of ether oxygens (including phenoxy) is 1. The number of carbonyl (C=O) groups excluding carboxylic acids is 2. The maximum atomic E-state index is 14.0. The Kier molecular flexibility index (Phi) is 7.28. The smallest absolute Gasteiger partial charge is 0.266 e. The molecule has 0 saturated carbocycles. The van der Waals surface area contributed by atoms with Crippen molar-refractivity contribution >= 4 is 38.0 Å². The molecule has 2 heterocycles. The first kappa shape index (κ1) is 24.7. The SMILES string of the molecule is CC[C@@H](Oc1ccccc1F)C(=O)Nc1sc2c(c1C(=O)N[C@@H]1CCS(=O)(=O)C1)CC[C@@H](C)C2. The Bertz CT molecular complexity index is 1190. The van der Waals surface area contributed by atoms with E-state index in [-0.39, 0.29) is 23.2 Å². The molecule has 34 heavy (non-hydrogen) atoms. The number of sulfone groups is 1. The molecular weight excluding hydrogens is 479 g/mol. The van der Waals surface area contributed by atoms with Gasteiger partial charge in [-0.3, -0.25) is 9.59 Å². The molecule has 1 aromatic heterocycles. The molecule has 2 N–H and O–H groups in total. The summed E-state index contributed by atoms with van der Waals surface area (Å²) in [6.07, 6.45) is 2.22. The van der Waals surface area contributed by atoms with Gasteiger partial charge in [0.2, 0.25) is 0 Å². The van der Waals surface area contributed by atoms with E-state index in [1.807, 2.05) is 0 Å². The minimum absolute atomic E-state index is 0.00999. The molecule has 2 amide bonds. The third-order valence-electron chi connectivity index (χ3n) is 6.31. The van der Waals surface area contributed by atoms with Crippen LogP contribution in [-0.2, 0) is 27.5 Å². The van der Waals surface area contributed by atoms with E-state index < -0.39 is 33.7 Å². The first-order chi connectivity index (χ1) is 16.2. The van der Waals surface area contributed by atoms with Gasteiger partial charge in [0.05, 0.1) is 17.1 Å². The molecule has 10 heteroatoms. The molecule has 184 valence electrons. The third-order valence-corrected chi connectivity index (χ3v) is 9.25. The van der Waals surface area contributed by atoms with Crippen LogP contribution in [0.4, 0.5) is 9.39 Å². The minimum Gasteiger partial charge on any atom is -0.478 e. The number of thiophene rings is 1. The maximum absolute atomic E-state index is 14.0. The monoisotopic (exact) mass is 508 g/mol. The number of fused-ring (bicyclic) bond motifs is 1. The lowest BCUT2D eigenvalue weighted by Gasteiger charge is -2.20. The summed E-state index contributed by atoms with van der Waals surface area (Å²) < 4.78 is 43.3. The highest BCUT2D eigenvalue weighted by atomic mass is 32.2. The number of nitrogens with one attached hydrogen (secondary N) is 2. The van der Waals surface area contributed by atoms with Crippen LogP contribution in [0.25, 0.3) is 0 Å². The van der Waals surface area contributed by atoms with Gasteiger partial charge in [-0.2, -0.15) is 0 Å². The zero-order valence-electron chi connectivity index (χ0n) is 19.2. The summed E-state index contributed by atoms with van der Waals surface area (Å²) in [6.45, 7) is 3.92. The Balaban J connectivity index is 1.57. The Hall–Kier alpha value is -2.46. The Morgan fingerprint density at radius 2 is 2.03 bits per heavy atom. The van der Waals surface area contributed by atoms with Crippen molar-refractivity contribution < 1.29 is 27.1 Å². The molecule has 1 aromatic carbocycles. The number of hydrogen-bond acceptors (Lipinski definition) is 6. The zero-order valence-corrected chi connectivity index (χ0v) is 20.9. The van der Waals surface area contributed by atoms with Crippen LogP contribution >= 0.6 is 11.3 Å². The third kappa shape index (κ3) is 5.43. The predicted octanol–water partition coefficient (Wildman–Crippen LogP) is 3.73. The summed E-state index contributed by atoms with van der Waals surface area (Å²) in [5.41, 5.74) is 1.32. The van der Waals surface area contributed by atoms with Gasteiger partial charge in [-0.05, 0) is 55.7 Å². The average Bonchev–Trinajstić information content (AvgIpc) is 3.30. The van der Waals surface area contributed by atoms with Crippen LogP contribution in [0, 0.1) is 11.7 Å². The van der Waals surface area contributed by atoms with Crippen LogP contribution in [0.1, 0.15) is 53.9 Å². The highest BCUT2D eigenvalue weighted by molar-refractivity contribution is 7.91. The molecule has 7 nitrogen and oxygen atoms in total. The second-order valence-electron chi connectivity index (χ2n) is 9.06. The largest absolute Gasteiger partial charge is 0.478 e. The van der Waals surface area contributed by atoms with Gasteiger partial charge in [-0.25, -0.2) is 12.8 Å². The highest BCUT2D eigenvalue weighted by Gasteiger charge is 2.33. The number of para-hydroxylation sites is 1. The van der Waals surface area contributed by atoms with Crippen molar-refractivity contribution in [3.8, 4) is 5.75 Å². The molecule has 2 aromatic rings. The molecular formula is C24H29FN2O5S2. The van der Waals surface area contributed by atoms with E-state index in [2.05, 4.69) is 17.6 Å². The van der Waals surface area contributed by atoms with Crippen LogP contribution in [-0.4, -0.2) is 43.9 Å². The van der Waals surface area contributed by atoms with Crippen molar-refractivity contribution in [2.45, 2.75) is 58.1 Å². The van der Waals surface area contributed by atoms with Crippen LogP contribution in [0.2, 0.25) is 0 Å². The molecule has 0 unspecified atom stereocenters. The second-order valence-corrected chi connectivity index (χ2v) is 12.4. The molecule has 4 rings (SSSR count). The number of benzene rings is 1. The molecule has 1 saturated heterocycles. The Labute approximate surface area is 203 Å². The minimum atomic E-state index is -3.14. The summed E-state index contributed by atoms with van der Waals surface area (Å²) in [5.74, 6) is -0.934. The summed E-state index contributed by atoms with van der Waals surface area (Å²) in [5, 5.41) is 6.14. The first-order valence-electron chi connectivity index (χ1n) is 11.5. The summed E-state index contributed by atoms with van der Waals surface area (Å²) in [7, 11) is -3.14. The summed E-state index contributed by atoms with van der Waals surface area (Å²) in [4.78, 5) is 27.4. The number of carbonyl (C=O) groups is 2. The first-order valence-corrected chi connectivity index (χ1v) is 14.2. The van der Waals surface area contributed by atoms with E-state index in [0.29, 0.717) is 29.3 Å². The van der Waals surface area contributed by atoms with Gasteiger partial charge in [0.1, 0.15) is 5.00 Å². The van der Waals surface area contributed by atoms with Gasteiger partial charge in [-0.1, -0.05) is 26.0 Å². The fraction of sp³-hybridized carbons (Fsp3) is 0.500. The predicted molar refractivity (Wildman–Crippen MR) is 130 cm³/mol.